The molecule has 4 nitrogen and oxygen atoms in total. The first-order chi connectivity index (χ1) is 10.7. The molecule has 0 bridgehead atoms. The molecule has 0 aliphatic rings. The molecule has 0 heterocycles. The lowest BCUT2D eigenvalue weighted by Gasteiger charge is -2.13. The molecule has 1 atom stereocenters. The van der Waals surface area contributed by atoms with Crippen LogP contribution in [0.3, 0.4) is 0 Å². The molecule has 2 aromatic rings. The van der Waals surface area contributed by atoms with Gasteiger partial charge in [-0.05, 0) is 23.1 Å². The van der Waals surface area contributed by atoms with Gasteiger partial charge >= 0.3 is 6.09 Å². The standard InChI is InChI=1S/C18H21NO3/c1-2-14-8-10-16(11-9-14)17(20)12-19-18(21)22-13-15-6-4-3-5-7-15/h3-11,17,20H,2,12-13H2,1H3,(H,19,21). The first kappa shape index (κ1) is 16.0. The van der Waals surface area contributed by atoms with Crippen molar-refractivity contribution in [2.24, 2.45) is 0 Å². The average molecular weight is 299 g/mol. The number of hydrogen-bond acceptors (Lipinski definition) is 3. The van der Waals surface area contributed by atoms with Gasteiger partial charge in [0.1, 0.15) is 6.61 Å². The zero-order valence-corrected chi connectivity index (χ0v) is 12.7. The fourth-order valence-corrected chi connectivity index (χ4v) is 2.05. The second-order valence-electron chi connectivity index (χ2n) is 5.05. The molecule has 0 saturated carbocycles. The van der Waals surface area contributed by atoms with Gasteiger partial charge in [0, 0.05) is 0 Å². The molecule has 2 rings (SSSR count). The Bertz CT molecular complexity index is 581. The van der Waals surface area contributed by atoms with E-state index in [1.165, 1.54) is 5.56 Å². The Kier molecular flexibility index (Phi) is 5.98. The Morgan fingerprint density at radius 3 is 2.41 bits per heavy atom. The maximum atomic E-state index is 11.6. The maximum absolute atomic E-state index is 11.6. The average Bonchev–Trinajstić information content (AvgIpc) is 2.58. The van der Waals surface area contributed by atoms with Crippen LogP contribution in [0.25, 0.3) is 0 Å². The van der Waals surface area contributed by atoms with E-state index >= 15 is 0 Å². The maximum Gasteiger partial charge on any atom is 0.407 e. The van der Waals surface area contributed by atoms with Crippen molar-refractivity contribution in [2.75, 3.05) is 6.54 Å². The van der Waals surface area contributed by atoms with Gasteiger partial charge in [-0.3, -0.25) is 0 Å². The van der Waals surface area contributed by atoms with Crippen molar-refractivity contribution in [2.45, 2.75) is 26.1 Å². The highest BCUT2D eigenvalue weighted by Gasteiger charge is 2.10. The number of aryl methyl sites for hydroxylation is 1. The Hall–Kier alpha value is -2.33. The largest absolute Gasteiger partial charge is 0.445 e. The van der Waals surface area contributed by atoms with Gasteiger partial charge in [-0.1, -0.05) is 61.5 Å². The predicted octanol–water partition coefficient (Wildman–Crippen LogP) is 3.21. The van der Waals surface area contributed by atoms with E-state index in [4.69, 9.17) is 4.74 Å². The number of aliphatic hydroxyl groups excluding tert-OH is 1. The van der Waals surface area contributed by atoms with Crippen LogP contribution in [0.2, 0.25) is 0 Å². The molecule has 0 saturated heterocycles. The Morgan fingerprint density at radius 1 is 1.09 bits per heavy atom. The molecule has 2 aromatic carbocycles. The van der Waals surface area contributed by atoms with E-state index in [2.05, 4.69) is 12.2 Å². The van der Waals surface area contributed by atoms with Crippen molar-refractivity contribution in [1.29, 1.82) is 0 Å². The molecular weight excluding hydrogens is 278 g/mol. The number of alkyl carbamates (subject to hydrolysis) is 1. The summed E-state index contributed by atoms with van der Waals surface area (Å²) in [7, 11) is 0. The third kappa shape index (κ3) is 4.90. The van der Waals surface area contributed by atoms with Crippen LogP contribution in [0.5, 0.6) is 0 Å². The summed E-state index contributed by atoms with van der Waals surface area (Å²) in [6.07, 6.45) is -0.316. The van der Waals surface area contributed by atoms with Crippen LogP contribution in [0, 0.1) is 0 Å². The number of ether oxygens (including phenoxy) is 1. The quantitative estimate of drug-likeness (QED) is 0.861. The monoisotopic (exact) mass is 299 g/mol. The number of hydrogen-bond donors (Lipinski definition) is 2. The lowest BCUT2D eigenvalue weighted by atomic mass is 10.1. The fraction of sp³-hybridized carbons (Fsp3) is 0.278. The molecule has 116 valence electrons. The van der Waals surface area contributed by atoms with Crippen LogP contribution < -0.4 is 5.32 Å². The smallest absolute Gasteiger partial charge is 0.407 e. The molecule has 4 heteroatoms. The van der Waals surface area contributed by atoms with Crippen LogP contribution in [0.4, 0.5) is 4.79 Å². The van der Waals surface area contributed by atoms with E-state index < -0.39 is 12.2 Å². The van der Waals surface area contributed by atoms with Gasteiger partial charge in [-0.25, -0.2) is 4.79 Å². The van der Waals surface area contributed by atoms with Gasteiger partial charge in [-0.2, -0.15) is 0 Å². The molecule has 1 unspecified atom stereocenters. The van der Waals surface area contributed by atoms with Gasteiger partial charge in [0.15, 0.2) is 0 Å². The Morgan fingerprint density at radius 2 is 1.77 bits per heavy atom. The summed E-state index contributed by atoms with van der Waals surface area (Å²) >= 11 is 0. The minimum atomic E-state index is -0.741. The third-order valence-corrected chi connectivity index (χ3v) is 3.43. The van der Waals surface area contributed by atoms with Crippen molar-refractivity contribution < 1.29 is 14.6 Å². The van der Waals surface area contributed by atoms with Crippen molar-refractivity contribution in [3.05, 3.63) is 71.3 Å². The van der Waals surface area contributed by atoms with Crippen molar-refractivity contribution in [3.8, 4) is 0 Å². The second-order valence-corrected chi connectivity index (χ2v) is 5.05. The number of carbonyl (C=O) groups is 1. The summed E-state index contributed by atoms with van der Waals surface area (Å²) in [4.78, 5) is 11.6. The van der Waals surface area contributed by atoms with Crippen LogP contribution in [0.15, 0.2) is 54.6 Å². The Labute approximate surface area is 130 Å². The van der Waals surface area contributed by atoms with Crippen LogP contribution >= 0.6 is 0 Å². The summed E-state index contributed by atoms with van der Waals surface area (Å²) in [5.41, 5.74) is 2.92. The van der Waals surface area contributed by atoms with E-state index in [1.807, 2.05) is 54.6 Å². The number of rotatable bonds is 6. The van der Waals surface area contributed by atoms with Crippen LogP contribution in [-0.4, -0.2) is 17.7 Å². The molecule has 0 radical (unpaired) electrons. The van der Waals surface area contributed by atoms with E-state index in [1.54, 1.807) is 0 Å². The highest BCUT2D eigenvalue weighted by atomic mass is 16.5. The van der Waals surface area contributed by atoms with Gasteiger partial charge in [-0.15, -0.1) is 0 Å². The SMILES string of the molecule is CCc1ccc(C(O)CNC(=O)OCc2ccccc2)cc1. The summed E-state index contributed by atoms with van der Waals surface area (Å²) in [6.45, 7) is 2.42. The highest BCUT2D eigenvalue weighted by molar-refractivity contribution is 5.67. The topological polar surface area (TPSA) is 58.6 Å². The van der Waals surface area contributed by atoms with Gasteiger partial charge in [0.05, 0.1) is 12.6 Å². The first-order valence-corrected chi connectivity index (χ1v) is 7.40. The first-order valence-electron chi connectivity index (χ1n) is 7.40. The summed E-state index contributed by atoms with van der Waals surface area (Å²) in [5.74, 6) is 0. The highest BCUT2D eigenvalue weighted by Crippen LogP contribution is 2.13. The van der Waals surface area contributed by atoms with Crippen molar-refractivity contribution in [3.63, 3.8) is 0 Å². The summed E-state index contributed by atoms with van der Waals surface area (Å²) < 4.78 is 5.09. The number of carbonyl (C=O) groups excluding carboxylic acids is 1. The van der Waals surface area contributed by atoms with Crippen LogP contribution in [0.1, 0.15) is 29.7 Å². The minimum absolute atomic E-state index is 0.124. The van der Waals surface area contributed by atoms with Crippen molar-refractivity contribution >= 4 is 6.09 Å². The number of amides is 1. The van der Waals surface area contributed by atoms with Gasteiger partial charge in [0.2, 0.25) is 0 Å². The minimum Gasteiger partial charge on any atom is -0.445 e. The molecule has 0 aliphatic carbocycles. The number of nitrogens with one attached hydrogen (secondary N) is 1. The molecule has 0 spiro atoms. The molecule has 0 aliphatic heterocycles. The zero-order valence-electron chi connectivity index (χ0n) is 12.7. The van der Waals surface area contributed by atoms with E-state index in [-0.39, 0.29) is 13.2 Å². The molecule has 0 aromatic heterocycles. The lowest BCUT2D eigenvalue weighted by Crippen LogP contribution is -2.28. The predicted molar refractivity (Wildman–Crippen MR) is 85.4 cm³/mol. The molecule has 2 N–H and O–H groups in total. The second kappa shape index (κ2) is 8.20. The van der Waals surface area contributed by atoms with Crippen molar-refractivity contribution in [1.82, 2.24) is 5.32 Å². The summed E-state index contributed by atoms with van der Waals surface area (Å²) in [6, 6.07) is 17.2. The number of aliphatic hydroxyl groups is 1. The third-order valence-electron chi connectivity index (χ3n) is 3.43. The Balaban J connectivity index is 1.75. The fourth-order valence-electron chi connectivity index (χ4n) is 2.05. The zero-order chi connectivity index (χ0) is 15.8. The molecule has 0 fully saturated rings. The van der Waals surface area contributed by atoms with E-state index in [9.17, 15) is 9.90 Å². The molecule has 1 amide bonds. The molecule has 22 heavy (non-hydrogen) atoms. The molecular formula is C18H21NO3. The lowest BCUT2D eigenvalue weighted by molar-refractivity contribution is 0.126. The van der Waals surface area contributed by atoms with E-state index in [0.29, 0.717) is 0 Å². The summed E-state index contributed by atoms with van der Waals surface area (Å²) in [5, 5.41) is 12.6. The van der Waals surface area contributed by atoms with Gasteiger partial charge < -0.3 is 15.2 Å². The van der Waals surface area contributed by atoms with E-state index in [0.717, 1.165) is 17.5 Å². The van der Waals surface area contributed by atoms with Gasteiger partial charge in [0.25, 0.3) is 0 Å². The number of benzene rings is 2. The normalized spacial score (nSPS) is 11.7. The van der Waals surface area contributed by atoms with Crippen LogP contribution in [-0.2, 0) is 17.8 Å².